The van der Waals surface area contributed by atoms with Gasteiger partial charge in [0.25, 0.3) is 0 Å². The van der Waals surface area contributed by atoms with Gasteiger partial charge in [-0.15, -0.1) is 0 Å². The molecule has 5 atom stereocenters. The molecule has 1 aromatic carbocycles. The number of aromatic hydroxyl groups is 1. The van der Waals surface area contributed by atoms with Gasteiger partial charge in [-0.1, -0.05) is 32.4 Å². The van der Waals surface area contributed by atoms with Gasteiger partial charge >= 0.3 is 5.97 Å². The van der Waals surface area contributed by atoms with E-state index in [1.807, 2.05) is 0 Å². The molecule has 0 aliphatic heterocycles. The van der Waals surface area contributed by atoms with Crippen LogP contribution in [-0.4, -0.2) is 75.5 Å². The molecule has 3 amide bonds. The molecule has 184 valence electrons. The van der Waals surface area contributed by atoms with Crippen LogP contribution in [0.1, 0.15) is 25.8 Å². The fourth-order valence-corrected chi connectivity index (χ4v) is 3.01. The Morgan fingerprint density at radius 1 is 1.00 bits per heavy atom. The standard InChI is InChI=1S/C21H32N4O7S/c1-3-11(2)17(21(31)32)25-20(30)16(9-26)24-19(29)15(23-18(28)14(22)10-33)8-12-4-6-13(27)7-5-12/h4-7,11,14-17,26-27,33H,3,8-10,22H2,1-2H3,(H,23,28)(H,24,29)(H,25,30)(H,31,32). The number of carbonyl (C=O) groups is 4. The third-order valence-corrected chi connectivity index (χ3v) is 5.53. The lowest BCUT2D eigenvalue weighted by Gasteiger charge is -2.25. The molecule has 0 radical (unpaired) electrons. The van der Waals surface area contributed by atoms with Crippen LogP contribution < -0.4 is 21.7 Å². The summed E-state index contributed by atoms with van der Waals surface area (Å²) in [7, 11) is 0. The minimum atomic E-state index is -1.44. The molecule has 12 heteroatoms. The number of nitrogens with two attached hydrogens (primary N) is 1. The summed E-state index contributed by atoms with van der Waals surface area (Å²) in [6.07, 6.45) is 0.487. The number of rotatable bonds is 13. The first-order valence-corrected chi connectivity index (χ1v) is 11.1. The normalized spacial score (nSPS) is 15.4. The molecular weight excluding hydrogens is 452 g/mol. The van der Waals surface area contributed by atoms with Crippen molar-refractivity contribution in [2.45, 2.75) is 50.9 Å². The number of phenols is 1. The number of aliphatic hydroxyl groups is 1. The average Bonchev–Trinajstić information content (AvgIpc) is 2.79. The molecule has 0 saturated carbocycles. The van der Waals surface area contributed by atoms with Gasteiger partial charge in [0.15, 0.2) is 0 Å². The van der Waals surface area contributed by atoms with E-state index in [4.69, 9.17) is 5.73 Å². The molecule has 5 unspecified atom stereocenters. The molecule has 0 spiro atoms. The predicted molar refractivity (Wildman–Crippen MR) is 124 cm³/mol. The first-order valence-electron chi connectivity index (χ1n) is 10.4. The van der Waals surface area contributed by atoms with Gasteiger partial charge in [0, 0.05) is 12.2 Å². The molecule has 1 aromatic rings. The molecule has 0 bridgehead atoms. The van der Waals surface area contributed by atoms with E-state index in [-0.39, 0.29) is 23.8 Å². The first kappa shape index (κ1) is 28.2. The Hall–Kier alpha value is -2.83. The lowest BCUT2D eigenvalue weighted by Crippen LogP contribution is -2.59. The Morgan fingerprint density at radius 2 is 1.55 bits per heavy atom. The number of carboxylic acid groups (broad SMARTS) is 1. The highest BCUT2D eigenvalue weighted by molar-refractivity contribution is 7.80. The fraction of sp³-hybridized carbons (Fsp3) is 0.524. The number of nitrogens with one attached hydrogen (secondary N) is 3. The van der Waals surface area contributed by atoms with Gasteiger partial charge in [-0.05, 0) is 23.6 Å². The van der Waals surface area contributed by atoms with E-state index in [0.717, 1.165) is 0 Å². The summed E-state index contributed by atoms with van der Waals surface area (Å²) in [6.45, 7) is 2.63. The van der Waals surface area contributed by atoms with Gasteiger partial charge in [0.2, 0.25) is 17.7 Å². The van der Waals surface area contributed by atoms with Crippen LogP contribution in [0.15, 0.2) is 24.3 Å². The highest BCUT2D eigenvalue weighted by atomic mass is 32.1. The molecule has 0 aliphatic rings. The molecular formula is C21H32N4O7S. The van der Waals surface area contributed by atoms with E-state index in [0.29, 0.717) is 12.0 Å². The van der Waals surface area contributed by atoms with E-state index in [9.17, 15) is 34.5 Å². The second-order valence-electron chi connectivity index (χ2n) is 7.67. The van der Waals surface area contributed by atoms with Crippen LogP contribution in [0.25, 0.3) is 0 Å². The average molecular weight is 485 g/mol. The van der Waals surface area contributed by atoms with Crippen LogP contribution in [0, 0.1) is 5.92 Å². The van der Waals surface area contributed by atoms with Crippen molar-refractivity contribution in [3.05, 3.63) is 29.8 Å². The highest BCUT2D eigenvalue weighted by Crippen LogP contribution is 2.12. The number of hydrogen-bond donors (Lipinski definition) is 8. The molecule has 0 aromatic heterocycles. The summed E-state index contributed by atoms with van der Waals surface area (Å²) in [5, 5.41) is 35.6. The molecule has 8 N–H and O–H groups in total. The van der Waals surface area contributed by atoms with Crippen molar-refractivity contribution in [3.8, 4) is 5.75 Å². The molecule has 0 saturated heterocycles. The second kappa shape index (κ2) is 13.7. The SMILES string of the molecule is CCC(C)C(NC(=O)C(CO)NC(=O)C(Cc1ccc(O)cc1)NC(=O)C(N)CS)C(=O)O. The topological polar surface area (TPSA) is 191 Å². The van der Waals surface area contributed by atoms with Crippen molar-refractivity contribution < 1.29 is 34.5 Å². The molecule has 0 heterocycles. The summed E-state index contributed by atoms with van der Waals surface area (Å²) < 4.78 is 0. The number of hydrogen-bond acceptors (Lipinski definition) is 8. The highest BCUT2D eigenvalue weighted by Gasteiger charge is 2.31. The van der Waals surface area contributed by atoms with Gasteiger partial charge in [0.1, 0.15) is 23.9 Å². The summed E-state index contributed by atoms with van der Waals surface area (Å²) in [6, 6.07) is 1.15. The second-order valence-corrected chi connectivity index (χ2v) is 8.04. The minimum Gasteiger partial charge on any atom is -0.508 e. The van der Waals surface area contributed by atoms with E-state index in [1.165, 1.54) is 12.1 Å². The van der Waals surface area contributed by atoms with Crippen LogP contribution in [0.4, 0.5) is 0 Å². The predicted octanol–water partition coefficient (Wildman–Crippen LogP) is -1.23. The van der Waals surface area contributed by atoms with Crippen LogP contribution in [0.3, 0.4) is 0 Å². The number of amides is 3. The summed E-state index contributed by atoms with van der Waals surface area (Å²) in [5.41, 5.74) is 6.26. The smallest absolute Gasteiger partial charge is 0.326 e. The Bertz CT molecular complexity index is 821. The maximum absolute atomic E-state index is 12.9. The first-order chi connectivity index (χ1) is 15.5. The Balaban J connectivity index is 3.01. The van der Waals surface area contributed by atoms with Crippen LogP contribution in [-0.2, 0) is 25.6 Å². The van der Waals surface area contributed by atoms with Crippen LogP contribution >= 0.6 is 12.6 Å². The van der Waals surface area contributed by atoms with Crippen molar-refractivity contribution >= 4 is 36.3 Å². The van der Waals surface area contributed by atoms with Gasteiger partial charge < -0.3 is 37.0 Å². The molecule has 33 heavy (non-hydrogen) atoms. The molecule has 0 fully saturated rings. The lowest BCUT2D eigenvalue weighted by atomic mass is 9.99. The number of aliphatic carboxylic acids is 1. The minimum absolute atomic E-state index is 0.00152. The van der Waals surface area contributed by atoms with Crippen molar-refractivity contribution in [2.24, 2.45) is 11.7 Å². The maximum Gasteiger partial charge on any atom is 0.326 e. The third-order valence-electron chi connectivity index (χ3n) is 5.13. The number of aliphatic hydroxyl groups excluding tert-OH is 1. The number of carbonyl (C=O) groups excluding carboxylic acids is 3. The molecule has 11 nitrogen and oxygen atoms in total. The number of thiol groups is 1. The monoisotopic (exact) mass is 484 g/mol. The van der Waals surface area contributed by atoms with Crippen LogP contribution in [0.5, 0.6) is 5.75 Å². The van der Waals surface area contributed by atoms with Crippen molar-refractivity contribution in [1.29, 1.82) is 0 Å². The lowest BCUT2D eigenvalue weighted by molar-refractivity contribution is -0.144. The quantitative estimate of drug-likeness (QED) is 0.160. The van der Waals surface area contributed by atoms with Gasteiger partial charge in [-0.2, -0.15) is 12.6 Å². The van der Waals surface area contributed by atoms with Crippen molar-refractivity contribution in [3.63, 3.8) is 0 Å². The number of phenolic OH excluding ortho intramolecular Hbond substituents is 1. The van der Waals surface area contributed by atoms with E-state index >= 15 is 0 Å². The zero-order valence-electron chi connectivity index (χ0n) is 18.5. The summed E-state index contributed by atoms with van der Waals surface area (Å²) >= 11 is 3.96. The Morgan fingerprint density at radius 3 is 2.03 bits per heavy atom. The molecule has 0 aliphatic carbocycles. The van der Waals surface area contributed by atoms with Gasteiger partial charge in [-0.3, -0.25) is 14.4 Å². The summed E-state index contributed by atoms with van der Waals surface area (Å²) in [5.74, 6) is -3.87. The summed E-state index contributed by atoms with van der Waals surface area (Å²) in [4.78, 5) is 49.2. The Kier molecular flexibility index (Phi) is 11.7. The van der Waals surface area contributed by atoms with Gasteiger partial charge in [0.05, 0.1) is 12.6 Å². The van der Waals surface area contributed by atoms with E-state index < -0.39 is 54.5 Å². The number of benzene rings is 1. The fourth-order valence-electron chi connectivity index (χ4n) is 2.84. The van der Waals surface area contributed by atoms with Gasteiger partial charge in [-0.25, -0.2) is 4.79 Å². The molecule has 1 rings (SSSR count). The van der Waals surface area contributed by atoms with E-state index in [2.05, 4.69) is 28.6 Å². The largest absolute Gasteiger partial charge is 0.508 e. The van der Waals surface area contributed by atoms with Crippen molar-refractivity contribution in [2.75, 3.05) is 12.4 Å². The maximum atomic E-state index is 12.9. The third kappa shape index (κ3) is 8.91. The number of carboxylic acids is 1. The van der Waals surface area contributed by atoms with E-state index in [1.54, 1.807) is 26.0 Å². The zero-order chi connectivity index (χ0) is 25.1. The van der Waals surface area contributed by atoms with Crippen LogP contribution in [0.2, 0.25) is 0 Å². The van der Waals surface area contributed by atoms with Crippen molar-refractivity contribution in [1.82, 2.24) is 16.0 Å². The zero-order valence-corrected chi connectivity index (χ0v) is 19.4. The Labute approximate surface area is 197 Å².